The van der Waals surface area contributed by atoms with Crippen LogP contribution in [0.25, 0.3) is 0 Å². The van der Waals surface area contributed by atoms with Crippen LogP contribution in [0.3, 0.4) is 0 Å². The quantitative estimate of drug-likeness (QED) is 0.784. The van der Waals surface area contributed by atoms with Crippen LogP contribution in [0.4, 0.5) is 0 Å². The Morgan fingerprint density at radius 2 is 2.00 bits per heavy atom. The molecule has 4 nitrogen and oxygen atoms in total. The Morgan fingerprint density at radius 1 is 1.29 bits per heavy atom. The first-order chi connectivity index (χ1) is 11.1. The highest BCUT2D eigenvalue weighted by Crippen LogP contribution is 2.38. The molecule has 0 spiro atoms. The fourth-order valence-corrected chi connectivity index (χ4v) is 3.45. The molecule has 0 aliphatic heterocycles. The zero-order valence-electron chi connectivity index (χ0n) is 14.9. The van der Waals surface area contributed by atoms with E-state index >= 15 is 0 Å². The van der Waals surface area contributed by atoms with Crippen LogP contribution in [0.5, 0.6) is 5.75 Å². The summed E-state index contributed by atoms with van der Waals surface area (Å²) in [4.78, 5) is 12.4. The smallest absolute Gasteiger partial charge is 0.220 e. The molecule has 0 aromatic heterocycles. The van der Waals surface area contributed by atoms with Gasteiger partial charge in [0.05, 0.1) is 6.61 Å². The number of carbonyl (C=O) groups is 1. The Bertz CT molecular complexity index is 528. The molecule has 24 heavy (non-hydrogen) atoms. The number of benzene rings is 1. The molecule has 0 heterocycles. The summed E-state index contributed by atoms with van der Waals surface area (Å²) in [7, 11) is 0. The van der Waals surface area contributed by atoms with Gasteiger partial charge in [-0.2, -0.15) is 0 Å². The topological polar surface area (TPSA) is 64.3 Å². The Hall–Kier alpha value is -1.26. The van der Waals surface area contributed by atoms with E-state index in [1.165, 1.54) is 19.3 Å². The highest BCUT2D eigenvalue weighted by atomic mass is 35.5. The molecular formula is C19H31ClN2O2. The van der Waals surface area contributed by atoms with E-state index < -0.39 is 0 Å². The molecule has 0 atom stereocenters. The van der Waals surface area contributed by atoms with Gasteiger partial charge in [0.25, 0.3) is 0 Å². The number of rotatable bonds is 7. The van der Waals surface area contributed by atoms with Crippen molar-refractivity contribution in [1.29, 1.82) is 0 Å². The number of aryl methyl sites for hydroxylation is 1. The normalized spacial score (nSPS) is 16.1. The van der Waals surface area contributed by atoms with Crippen LogP contribution in [0, 0.1) is 12.3 Å². The van der Waals surface area contributed by atoms with Crippen molar-refractivity contribution in [3.8, 4) is 5.75 Å². The van der Waals surface area contributed by atoms with Gasteiger partial charge in [0.1, 0.15) is 5.75 Å². The number of halogens is 1. The Kier molecular flexibility index (Phi) is 8.57. The van der Waals surface area contributed by atoms with Crippen molar-refractivity contribution in [3.05, 3.63) is 29.3 Å². The first-order valence-corrected chi connectivity index (χ1v) is 8.78. The van der Waals surface area contributed by atoms with Crippen LogP contribution < -0.4 is 15.8 Å². The minimum absolute atomic E-state index is 0. The number of ether oxygens (including phenoxy) is 1. The third-order valence-corrected chi connectivity index (χ3v) is 4.88. The largest absolute Gasteiger partial charge is 0.494 e. The van der Waals surface area contributed by atoms with Gasteiger partial charge in [0.15, 0.2) is 0 Å². The van der Waals surface area contributed by atoms with Crippen LogP contribution >= 0.6 is 12.4 Å². The maximum Gasteiger partial charge on any atom is 0.220 e. The summed E-state index contributed by atoms with van der Waals surface area (Å²) < 4.78 is 5.67. The lowest BCUT2D eigenvalue weighted by Gasteiger charge is -2.35. The number of hydrogen-bond donors (Lipinski definition) is 2. The Labute approximate surface area is 151 Å². The lowest BCUT2D eigenvalue weighted by atomic mass is 9.71. The summed E-state index contributed by atoms with van der Waals surface area (Å²) in [6.07, 6.45) is 6.34. The molecule has 2 rings (SSSR count). The van der Waals surface area contributed by atoms with E-state index in [0.29, 0.717) is 26.1 Å². The van der Waals surface area contributed by atoms with E-state index in [9.17, 15) is 4.79 Å². The standard InChI is InChI=1S/C19H30N2O2.ClH/c1-3-23-17-11-15(2)7-8-16(17)13-21-18(22)12-19(14-20)9-5-4-6-10-19;/h7-8,11H,3-6,9-10,12-14,20H2,1-2H3,(H,21,22);1H. The molecule has 0 saturated heterocycles. The summed E-state index contributed by atoms with van der Waals surface area (Å²) in [5, 5.41) is 3.05. The zero-order chi connectivity index (χ0) is 16.7. The Balaban J connectivity index is 0.00000288. The van der Waals surface area contributed by atoms with E-state index in [2.05, 4.69) is 5.32 Å². The van der Waals surface area contributed by atoms with Gasteiger partial charge in [0, 0.05) is 18.5 Å². The lowest BCUT2D eigenvalue weighted by Crippen LogP contribution is -2.38. The molecule has 136 valence electrons. The Morgan fingerprint density at radius 3 is 2.62 bits per heavy atom. The molecule has 1 aliphatic carbocycles. The minimum Gasteiger partial charge on any atom is -0.494 e. The molecule has 0 unspecified atom stereocenters. The first kappa shape index (κ1) is 20.8. The number of amides is 1. The lowest BCUT2D eigenvalue weighted by molar-refractivity contribution is -0.124. The number of hydrogen-bond acceptors (Lipinski definition) is 3. The molecule has 0 radical (unpaired) electrons. The molecule has 1 amide bonds. The highest BCUT2D eigenvalue weighted by molar-refractivity contribution is 5.85. The van der Waals surface area contributed by atoms with Gasteiger partial charge in [-0.05, 0) is 50.3 Å². The number of carbonyl (C=O) groups excluding carboxylic acids is 1. The zero-order valence-corrected chi connectivity index (χ0v) is 15.7. The van der Waals surface area contributed by atoms with Crippen LogP contribution in [0.15, 0.2) is 18.2 Å². The van der Waals surface area contributed by atoms with Gasteiger partial charge in [-0.25, -0.2) is 0 Å². The SMILES string of the molecule is CCOc1cc(C)ccc1CNC(=O)CC1(CN)CCCCC1.Cl. The molecule has 1 aromatic rings. The van der Waals surface area contributed by atoms with E-state index in [-0.39, 0.29) is 23.7 Å². The van der Waals surface area contributed by atoms with Crippen molar-refractivity contribution in [1.82, 2.24) is 5.32 Å². The summed E-state index contributed by atoms with van der Waals surface area (Å²) in [6, 6.07) is 6.10. The van der Waals surface area contributed by atoms with Crippen molar-refractivity contribution < 1.29 is 9.53 Å². The van der Waals surface area contributed by atoms with E-state index in [0.717, 1.165) is 29.7 Å². The molecule has 5 heteroatoms. The van der Waals surface area contributed by atoms with Gasteiger partial charge in [-0.1, -0.05) is 31.4 Å². The minimum atomic E-state index is 0. The van der Waals surface area contributed by atoms with Gasteiger partial charge < -0.3 is 15.8 Å². The summed E-state index contributed by atoms with van der Waals surface area (Å²) in [5.74, 6) is 0.958. The van der Waals surface area contributed by atoms with Crippen molar-refractivity contribution in [3.63, 3.8) is 0 Å². The monoisotopic (exact) mass is 354 g/mol. The van der Waals surface area contributed by atoms with Gasteiger partial charge in [-0.3, -0.25) is 4.79 Å². The van der Waals surface area contributed by atoms with Crippen LogP contribution in [-0.4, -0.2) is 19.1 Å². The molecule has 1 saturated carbocycles. The van der Waals surface area contributed by atoms with E-state index in [1.807, 2.05) is 32.0 Å². The van der Waals surface area contributed by atoms with E-state index in [1.54, 1.807) is 0 Å². The summed E-state index contributed by atoms with van der Waals surface area (Å²) in [6.45, 7) is 5.75. The maximum atomic E-state index is 12.4. The molecular weight excluding hydrogens is 324 g/mol. The summed E-state index contributed by atoms with van der Waals surface area (Å²) >= 11 is 0. The summed E-state index contributed by atoms with van der Waals surface area (Å²) in [5.41, 5.74) is 8.17. The third kappa shape index (κ3) is 5.67. The molecule has 1 aromatic carbocycles. The van der Waals surface area contributed by atoms with Crippen LogP contribution in [0.1, 0.15) is 56.6 Å². The molecule has 1 fully saturated rings. The van der Waals surface area contributed by atoms with E-state index in [4.69, 9.17) is 10.5 Å². The fraction of sp³-hybridized carbons (Fsp3) is 0.632. The highest BCUT2D eigenvalue weighted by Gasteiger charge is 2.32. The van der Waals surface area contributed by atoms with Gasteiger partial charge in [-0.15, -0.1) is 12.4 Å². The van der Waals surface area contributed by atoms with Crippen molar-refractivity contribution in [2.45, 2.75) is 58.9 Å². The van der Waals surface area contributed by atoms with Gasteiger partial charge in [0.2, 0.25) is 5.91 Å². The average Bonchev–Trinajstić information content (AvgIpc) is 2.55. The second-order valence-electron chi connectivity index (χ2n) is 6.76. The predicted molar refractivity (Wildman–Crippen MR) is 101 cm³/mol. The van der Waals surface area contributed by atoms with Crippen molar-refractivity contribution in [2.24, 2.45) is 11.1 Å². The molecule has 1 aliphatic rings. The van der Waals surface area contributed by atoms with Crippen molar-refractivity contribution in [2.75, 3.05) is 13.2 Å². The average molecular weight is 355 g/mol. The molecule has 3 N–H and O–H groups in total. The van der Waals surface area contributed by atoms with Crippen LogP contribution in [0.2, 0.25) is 0 Å². The second-order valence-corrected chi connectivity index (χ2v) is 6.76. The van der Waals surface area contributed by atoms with Gasteiger partial charge >= 0.3 is 0 Å². The fourth-order valence-electron chi connectivity index (χ4n) is 3.45. The second kappa shape index (κ2) is 9.90. The number of nitrogens with two attached hydrogens (primary N) is 1. The first-order valence-electron chi connectivity index (χ1n) is 8.78. The molecule has 0 bridgehead atoms. The van der Waals surface area contributed by atoms with Crippen LogP contribution in [-0.2, 0) is 11.3 Å². The van der Waals surface area contributed by atoms with Crippen molar-refractivity contribution >= 4 is 18.3 Å². The number of nitrogens with one attached hydrogen (secondary N) is 1. The maximum absolute atomic E-state index is 12.4. The third-order valence-electron chi connectivity index (χ3n) is 4.88. The predicted octanol–water partition coefficient (Wildman–Crippen LogP) is 3.73.